The van der Waals surface area contributed by atoms with E-state index in [1.165, 1.54) is 32.1 Å². The lowest BCUT2D eigenvalue weighted by molar-refractivity contribution is 0.0807. The molecule has 0 aliphatic rings. The minimum absolute atomic E-state index is 0.744. The minimum Gasteiger partial charge on any atom is -0.380 e. The highest BCUT2D eigenvalue weighted by atomic mass is 16.5. The largest absolute Gasteiger partial charge is 0.380 e. The van der Waals surface area contributed by atoms with Crippen LogP contribution in [0.1, 0.15) is 52.9 Å². The summed E-state index contributed by atoms with van der Waals surface area (Å²) in [5.74, 6) is 1.49. The maximum atomic E-state index is 5.69. The van der Waals surface area contributed by atoms with Crippen molar-refractivity contribution in [3.05, 3.63) is 0 Å². The molecular weight excluding hydrogens is 198 g/mol. The third kappa shape index (κ3) is 9.17. The van der Waals surface area contributed by atoms with Crippen molar-refractivity contribution in [2.24, 2.45) is 11.8 Å². The molecule has 0 saturated carbocycles. The Hall–Kier alpha value is -0.0800. The molecule has 0 aromatic rings. The molecule has 0 radical (unpaired) electrons. The lowest BCUT2D eigenvalue weighted by atomic mass is 9.91. The second kappa shape index (κ2) is 11.4. The number of rotatable bonds is 11. The van der Waals surface area contributed by atoms with E-state index in [2.05, 4.69) is 26.1 Å². The Morgan fingerprint density at radius 2 is 1.88 bits per heavy atom. The molecule has 0 amide bonds. The first-order valence-corrected chi connectivity index (χ1v) is 6.94. The number of hydrogen-bond acceptors (Lipinski definition) is 2. The van der Waals surface area contributed by atoms with Crippen LogP contribution in [0.15, 0.2) is 0 Å². The average Bonchev–Trinajstić information content (AvgIpc) is 2.26. The van der Waals surface area contributed by atoms with Crippen LogP contribution in [0.3, 0.4) is 0 Å². The van der Waals surface area contributed by atoms with Crippen LogP contribution in [0.25, 0.3) is 0 Å². The van der Waals surface area contributed by atoms with Gasteiger partial charge in [0.15, 0.2) is 0 Å². The standard InChI is InChI=1S/C14H31NO/c1-5-6-7-8-9-14(13(2)3)12-16-11-10-15-4/h13-15H,5-12H2,1-4H3. The lowest BCUT2D eigenvalue weighted by Gasteiger charge is -2.20. The number of unbranched alkanes of at least 4 members (excludes halogenated alkanes) is 3. The van der Waals surface area contributed by atoms with E-state index in [-0.39, 0.29) is 0 Å². The Morgan fingerprint density at radius 1 is 1.12 bits per heavy atom. The van der Waals surface area contributed by atoms with Crippen molar-refractivity contribution in [2.45, 2.75) is 52.9 Å². The molecule has 1 N–H and O–H groups in total. The molecule has 0 aromatic carbocycles. The lowest BCUT2D eigenvalue weighted by Crippen LogP contribution is -2.20. The Labute approximate surface area is 102 Å². The summed E-state index contributed by atoms with van der Waals surface area (Å²) in [4.78, 5) is 0. The average molecular weight is 229 g/mol. The van der Waals surface area contributed by atoms with Gasteiger partial charge in [0.05, 0.1) is 6.61 Å². The molecule has 0 aromatic heterocycles. The summed E-state index contributed by atoms with van der Waals surface area (Å²) in [6.07, 6.45) is 6.79. The van der Waals surface area contributed by atoms with E-state index in [1.54, 1.807) is 0 Å². The van der Waals surface area contributed by atoms with Crippen molar-refractivity contribution in [3.63, 3.8) is 0 Å². The van der Waals surface area contributed by atoms with Gasteiger partial charge in [-0.25, -0.2) is 0 Å². The van der Waals surface area contributed by atoms with Crippen molar-refractivity contribution >= 4 is 0 Å². The van der Waals surface area contributed by atoms with Crippen LogP contribution in [0.2, 0.25) is 0 Å². The first kappa shape index (κ1) is 15.9. The Morgan fingerprint density at radius 3 is 2.44 bits per heavy atom. The normalized spacial score (nSPS) is 13.3. The molecule has 2 heteroatoms. The zero-order chi connectivity index (χ0) is 12.2. The SMILES string of the molecule is CCCCCCC(COCCNC)C(C)C. The van der Waals surface area contributed by atoms with Gasteiger partial charge in [-0.3, -0.25) is 0 Å². The van der Waals surface area contributed by atoms with Gasteiger partial charge in [-0.1, -0.05) is 46.5 Å². The van der Waals surface area contributed by atoms with Crippen LogP contribution in [-0.4, -0.2) is 26.8 Å². The molecule has 1 atom stereocenters. The Bertz CT molecular complexity index is 125. The van der Waals surface area contributed by atoms with E-state index in [0.29, 0.717) is 0 Å². The third-order valence-electron chi connectivity index (χ3n) is 3.20. The maximum absolute atomic E-state index is 5.69. The summed E-state index contributed by atoms with van der Waals surface area (Å²) in [5.41, 5.74) is 0. The van der Waals surface area contributed by atoms with E-state index >= 15 is 0 Å². The van der Waals surface area contributed by atoms with Crippen molar-refractivity contribution in [3.8, 4) is 0 Å². The van der Waals surface area contributed by atoms with Gasteiger partial charge in [-0.2, -0.15) is 0 Å². The first-order chi connectivity index (χ1) is 7.72. The van der Waals surface area contributed by atoms with E-state index in [9.17, 15) is 0 Å². The molecule has 0 saturated heterocycles. The fourth-order valence-electron chi connectivity index (χ4n) is 1.85. The van der Waals surface area contributed by atoms with Crippen LogP contribution in [0.4, 0.5) is 0 Å². The fourth-order valence-corrected chi connectivity index (χ4v) is 1.85. The smallest absolute Gasteiger partial charge is 0.0590 e. The maximum Gasteiger partial charge on any atom is 0.0590 e. The highest BCUT2D eigenvalue weighted by molar-refractivity contribution is 4.63. The van der Waals surface area contributed by atoms with Gasteiger partial charge >= 0.3 is 0 Å². The van der Waals surface area contributed by atoms with E-state index in [4.69, 9.17) is 4.74 Å². The van der Waals surface area contributed by atoms with Crippen LogP contribution in [-0.2, 0) is 4.74 Å². The highest BCUT2D eigenvalue weighted by Crippen LogP contribution is 2.19. The number of nitrogens with one attached hydrogen (secondary N) is 1. The van der Waals surface area contributed by atoms with Crippen LogP contribution >= 0.6 is 0 Å². The van der Waals surface area contributed by atoms with Crippen LogP contribution < -0.4 is 5.32 Å². The molecule has 0 aliphatic heterocycles. The molecule has 0 fully saturated rings. The molecule has 0 bridgehead atoms. The van der Waals surface area contributed by atoms with Crippen LogP contribution in [0, 0.1) is 11.8 Å². The highest BCUT2D eigenvalue weighted by Gasteiger charge is 2.12. The van der Waals surface area contributed by atoms with Gasteiger partial charge in [0.2, 0.25) is 0 Å². The number of ether oxygens (including phenoxy) is 1. The fraction of sp³-hybridized carbons (Fsp3) is 1.00. The molecule has 2 nitrogen and oxygen atoms in total. The molecule has 1 unspecified atom stereocenters. The summed E-state index contributed by atoms with van der Waals surface area (Å²) < 4.78 is 5.69. The van der Waals surface area contributed by atoms with E-state index in [0.717, 1.165) is 31.6 Å². The summed E-state index contributed by atoms with van der Waals surface area (Å²) in [6.45, 7) is 9.62. The number of hydrogen-bond donors (Lipinski definition) is 1. The predicted octanol–water partition coefficient (Wildman–Crippen LogP) is 3.47. The molecule has 98 valence electrons. The third-order valence-corrected chi connectivity index (χ3v) is 3.20. The van der Waals surface area contributed by atoms with Gasteiger partial charge in [0, 0.05) is 13.2 Å². The second-order valence-corrected chi connectivity index (χ2v) is 5.03. The Balaban J connectivity index is 3.54. The molecule has 0 aliphatic carbocycles. The quantitative estimate of drug-likeness (QED) is 0.548. The van der Waals surface area contributed by atoms with Crippen molar-refractivity contribution < 1.29 is 4.74 Å². The van der Waals surface area contributed by atoms with E-state index in [1.807, 2.05) is 7.05 Å². The zero-order valence-electron chi connectivity index (χ0n) is 11.7. The summed E-state index contributed by atoms with van der Waals surface area (Å²) >= 11 is 0. The molecule has 0 heterocycles. The van der Waals surface area contributed by atoms with Crippen LogP contribution in [0.5, 0.6) is 0 Å². The molecular formula is C14H31NO. The van der Waals surface area contributed by atoms with E-state index < -0.39 is 0 Å². The predicted molar refractivity (Wildman–Crippen MR) is 71.8 cm³/mol. The summed E-state index contributed by atoms with van der Waals surface area (Å²) in [5, 5.41) is 3.11. The van der Waals surface area contributed by atoms with Crippen molar-refractivity contribution in [1.29, 1.82) is 0 Å². The van der Waals surface area contributed by atoms with Gasteiger partial charge in [-0.15, -0.1) is 0 Å². The summed E-state index contributed by atoms with van der Waals surface area (Å²) in [6, 6.07) is 0. The van der Waals surface area contributed by atoms with Gasteiger partial charge in [0.25, 0.3) is 0 Å². The van der Waals surface area contributed by atoms with Gasteiger partial charge in [-0.05, 0) is 25.3 Å². The molecule has 16 heavy (non-hydrogen) atoms. The topological polar surface area (TPSA) is 21.3 Å². The first-order valence-electron chi connectivity index (χ1n) is 6.94. The zero-order valence-corrected chi connectivity index (χ0v) is 11.7. The molecule has 0 rings (SSSR count). The van der Waals surface area contributed by atoms with Crippen molar-refractivity contribution in [2.75, 3.05) is 26.8 Å². The van der Waals surface area contributed by atoms with Crippen molar-refractivity contribution in [1.82, 2.24) is 5.32 Å². The minimum atomic E-state index is 0.744. The summed E-state index contributed by atoms with van der Waals surface area (Å²) in [7, 11) is 1.97. The monoisotopic (exact) mass is 229 g/mol. The number of likely N-dealkylation sites (N-methyl/N-ethyl adjacent to an activating group) is 1. The van der Waals surface area contributed by atoms with Gasteiger partial charge < -0.3 is 10.1 Å². The second-order valence-electron chi connectivity index (χ2n) is 5.03. The Kier molecular flexibility index (Phi) is 11.3. The van der Waals surface area contributed by atoms with Gasteiger partial charge in [0.1, 0.15) is 0 Å². The molecule has 0 spiro atoms.